The predicted molar refractivity (Wildman–Crippen MR) is 102 cm³/mol. The Bertz CT molecular complexity index is 399. The number of piperidine rings is 1. The molecule has 3 fully saturated rings. The van der Waals surface area contributed by atoms with Crippen molar-refractivity contribution in [2.75, 3.05) is 33.9 Å². The summed E-state index contributed by atoms with van der Waals surface area (Å²) in [5, 5.41) is 18.0. The lowest BCUT2D eigenvalue weighted by Crippen LogP contribution is -2.76. The lowest BCUT2D eigenvalue weighted by molar-refractivity contribution is -0.0492. The van der Waals surface area contributed by atoms with Crippen LogP contribution in [0.25, 0.3) is 0 Å². The van der Waals surface area contributed by atoms with Crippen LogP contribution in [0.4, 0.5) is 0 Å². The number of nitrogens with zero attached hydrogens (tertiary/aromatic N) is 1. The number of ether oxygens (including phenoxy) is 2. The van der Waals surface area contributed by atoms with E-state index in [0.29, 0.717) is 24.8 Å². The van der Waals surface area contributed by atoms with Gasteiger partial charge < -0.3 is 14.4 Å². The van der Waals surface area contributed by atoms with Gasteiger partial charge in [0.15, 0.2) is 6.35 Å². The minimum atomic E-state index is -0.155. The molecule has 2 heterocycles. The molecule has 2 aliphatic heterocycles. The van der Waals surface area contributed by atoms with Gasteiger partial charge in [-0.05, 0) is 65.6 Å². The van der Waals surface area contributed by atoms with Crippen LogP contribution in [0.2, 0.25) is 0 Å². The molecular formula is C18H38N6O2. The Labute approximate surface area is 158 Å². The van der Waals surface area contributed by atoms with E-state index in [9.17, 15) is 0 Å². The van der Waals surface area contributed by atoms with Crippen LogP contribution in [0.15, 0.2) is 0 Å². The highest BCUT2D eigenvalue weighted by molar-refractivity contribution is 4.85. The fraction of sp³-hybridized carbons (Fsp3) is 1.00. The Balaban J connectivity index is 1.48. The number of nitrogens with one attached hydrogen (secondary N) is 5. The highest BCUT2D eigenvalue weighted by Gasteiger charge is 2.31. The summed E-state index contributed by atoms with van der Waals surface area (Å²) >= 11 is 0. The maximum atomic E-state index is 5.80. The second-order valence-electron chi connectivity index (χ2n) is 7.82. The third-order valence-corrected chi connectivity index (χ3v) is 5.83. The van der Waals surface area contributed by atoms with Gasteiger partial charge in [0.2, 0.25) is 0 Å². The third kappa shape index (κ3) is 6.10. The van der Waals surface area contributed by atoms with E-state index in [1.54, 1.807) is 0 Å². The van der Waals surface area contributed by atoms with Crippen LogP contribution in [-0.4, -0.2) is 75.9 Å². The second-order valence-corrected chi connectivity index (χ2v) is 7.82. The van der Waals surface area contributed by atoms with Gasteiger partial charge in [-0.3, -0.25) is 26.6 Å². The predicted octanol–water partition coefficient (Wildman–Crippen LogP) is -0.113. The van der Waals surface area contributed by atoms with Gasteiger partial charge >= 0.3 is 0 Å². The fourth-order valence-corrected chi connectivity index (χ4v) is 4.18. The van der Waals surface area contributed by atoms with Gasteiger partial charge in [-0.25, -0.2) is 0 Å². The Morgan fingerprint density at radius 2 is 1.46 bits per heavy atom. The molecule has 0 aromatic carbocycles. The Morgan fingerprint density at radius 1 is 0.885 bits per heavy atom. The van der Waals surface area contributed by atoms with Crippen molar-refractivity contribution in [3.8, 4) is 0 Å². The van der Waals surface area contributed by atoms with E-state index < -0.39 is 0 Å². The van der Waals surface area contributed by atoms with E-state index >= 15 is 0 Å². The Morgan fingerprint density at radius 3 is 2.00 bits per heavy atom. The van der Waals surface area contributed by atoms with Crippen molar-refractivity contribution in [1.82, 2.24) is 31.5 Å². The first-order chi connectivity index (χ1) is 12.7. The average molecular weight is 371 g/mol. The SMILES string of the molecule is CCOC1NC(NC2CCC(OC)CC2)NC(NC2CCN(C)CC2)N1. The first-order valence-electron chi connectivity index (χ1n) is 10.3. The molecule has 5 N–H and O–H groups in total. The number of hydrogen-bond acceptors (Lipinski definition) is 8. The van der Waals surface area contributed by atoms with Crippen molar-refractivity contribution in [3.05, 3.63) is 0 Å². The topological polar surface area (TPSA) is 81.8 Å². The van der Waals surface area contributed by atoms with Crippen LogP contribution in [0.3, 0.4) is 0 Å². The summed E-state index contributed by atoms with van der Waals surface area (Å²) in [6.45, 7) is 5.01. The molecule has 0 radical (unpaired) electrons. The van der Waals surface area contributed by atoms with E-state index in [4.69, 9.17) is 9.47 Å². The molecule has 8 heteroatoms. The zero-order valence-electron chi connectivity index (χ0n) is 16.6. The standard InChI is InChI=1S/C18H38N6O2/c1-4-26-18-22-16(19-13-5-7-15(25-3)8-6-13)21-17(23-18)20-14-9-11-24(2)12-10-14/h13-23H,4-12H2,1-3H3. The van der Waals surface area contributed by atoms with E-state index in [2.05, 4.69) is 38.5 Å². The first kappa shape index (κ1) is 20.4. The van der Waals surface area contributed by atoms with E-state index in [0.717, 1.165) is 38.8 Å². The van der Waals surface area contributed by atoms with Crippen LogP contribution >= 0.6 is 0 Å². The van der Waals surface area contributed by atoms with Crippen LogP contribution < -0.4 is 26.6 Å². The highest BCUT2D eigenvalue weighted by atomic mass is 16.5. The normalized spacial score (nSPS) is 37.7. The molecule has 3 rings (SSSR count). The summed E-state index contributed by atoms with van der Waals surface area (Å²) in [5.74, 6) is 0. The van der Waals surface area contributed by atoms with E-state index in [1.807, 2.05) is 14.0 Å². The number of hydrogen-bond donors (Lipinski definition) is 5. The lowest BCUT2D eigenvalue weighted by Gasteiger charge is -2.43. The van der Waals surface area contributed by atoms with Crippen molar-refractivity contribution >= 4 is 0 Å². The molecule has 1 aliphatic carbocycles. The minimum absolute atomic E-state index is 0.0284. The molecule has 3 atom stereocenters. The van der Waals surface area contributed by atoms with E-state index in [-0.39, 0.29) is 18.9 Å². The van der Waals surface area contributed by atoms with Gasteiger partial charge in [0.05, 0.1) is 6.10 Å². The van der Waals surface area contributed by atoms with Gasteiger partial charge in [-0.1, -0.05) is 0 Å². The maximum Gasteiger partial charge on any atom is 0.167 e. The molecule has 0 amide bonds. The molecule has 3 unspecified atom stereocenters. The lowest BCUT2D eigenvalue weighted by atomic mass is 9.93. The molecule has 8 nitrogen and oxygen atoms in total. The van der Waals surface area contributed by atoms with Crippen LogP contribution in [-0.2, 0) is 9.47 Å². The zero-order chi connectivity index (χ0) is 18.4. The summed E-state index contributed by atoms with van der Waals surface area (Å²) in [6, 6.07) is 1.05. The monoisotopic (exact) mass is 370 g/mol. The summed E-state index contributed by atoms with van der Waals surface area (Å²) in [6.07, 6.45) is 7.27. The van der Waals surface area contributed by atoms with Gasteiger partial charge in [0.1, 0.15) is 12.6 Å². The smallest absolute Gasteiger partial charge is 0.167 e. The molecule has 0 aromatic heterocycles. The second kappa shape index (κ2) is 10.3. The van der Waals surface area contributed by atoms with Crippen molar-refractivity contribution < 1.29 is 9.47 Å². The Kier molecular flexibility index (Phi) is 8.08. The maximum absolute atomic E-state index is 5.80. The molecular weight excluding hydrogens is 332 g/mol. The van der Waals surface area contributed by atoms with Gasteiger partial charge in [0.25, 0.3) is 0 Å². The van der Waals surface area contributed by atoms with Gasteiger partial charge in [-0.2, -0.15) is 0 Å². The van der Waals surface area contributed by atoms with Crippen molar-refractivity contribution in [2.24, 2.45) is 0 Å². The average Bonchev–Trinajstić information content (AvgIpc) is 2.64. The quantitative estimate of drug-likeness (QED) is 0.425. The molecule has 0 aromatic rings. The van der Waals surface area contributed by atoms with Crippen molar-refractivity contribution in [2.45, 2.75) is 82.6 Å². The Hall–Kier alpha value is -0.320. The van der Waals surface area contributed by atoms with Crippen LogP contribution in [0, 0.1) is 0 Å². The molecule has 1 saturated carbocycles. The molecule has 26 heavy (non-hydrogen) atoms. The largest absolute Gasteiger partial charge is 0.381 e. The number of methoxy groups -OCH3 is 1. The number of likely N-dealkylation sites (tertiary alicyclic amines) is 1. The summed E-state index contributed by atoms with van der Waals surface area (Å²) < 4.78 is 11.3. The minimum Gasteiger partial charge on any atom is -0.381 e. The highest BCUT2D eigenvalue weighted by Crippen LogP contribution is 2.20. The fourth-order valence-electron chi connectivity index (χ4n) is 4.18. The summed E-state index contributed by atoms with van der Waals surface area (Å²) in [7, 11) is 4.01. The van der Waals surface area contributed by atoms with Crippen molar-refractivity contribution in [1.29, 1.82) is 0 Å². The molecule has 0 bridgehead atoms. The molecule has 2 saturated heterocycles. The molecule has 3 aliphatic rings. The molecule has 152 valence electrons. The van der Waals surface area contributed by atoms with Crippen LogP contribution in [0.1, 0.15) is 45.4 Å². The summed E-state index contributed by atoms with van der Waals surface area (Å²) in [5.41, 5.74) is 0. The first-order valence-corrected chi connectivity index (χ1v) is 10.3. The van der Waals surface area contributed by atoms with Crippen LogP contribution in [0.5, 0.6) is 0 Å². The number of rotatable bonds is 7. The zero-order valence-corrected chi connectivity index (χ0v) is 16.6. The third-order valence-electron chi connectivity index (χ3n) is 5.83. The molecule has 0 spiro atoms. The van der Waals surface area contributed by atoms with Crippen molar-refractivity contribution in [3.63, 3.8) is 0 Å². The summed E-state index contributed by atoms with van der Waals surface area (Å²) in [4.78, 5) is 2.39. The van der Waals surface area contributed by atoms with E-state index in [1.165, 1.54) is 12.8 Å². The van der Waals surface area contributed by atoms with Gasteiger partial charge in [0, 0.05) is 25.8 Å². The van der Waals surface area contributed by atoms with Gasteiger partial charge in [-0.15, -0.1) is 0 Å².